The Hall–Kier alpha value is -1.75. The highest BCUT2D eigenvalue weighted by Gasteiger charge is 2.31. The molecule has 0 spiro atoms. The monoisotopic (exact) mass is 302 g/mol. The van der Waals surface area contributed by atoms with E-state index in [1.165, 1.54) is 12.8 Å². The lowest BCUT2D eigenvalue weighted by molar-refractivity contribution is 0.0747. The van der Waals surface area contributed by atoms with Gasteiger partial charge in [0.15, 0.2) is 11.5 Å². The SMILES string of the molecule is O=C(c1ccc2c(c1)OCCCO2)N1CCC2CCC(C1)N2. The van der Waals surface area contributed by atoms with Gasteiger partial charge >= 0.3 is 0 Å². The van der Waals surface area contributed by atoms with E-state index < -0.39 is 0 Å². The van der Waals surface area contributed by atoms with Gasteiger partial charge in [-0.3, -0.25) is 4.79 Å². The number of fused-ring (bicyclic) bond motifs is 3. The predicted octanol–water partition coefficient (Wildman–Crippen LogP) is 1.81. The number of ether oxygens (including phenoxy) is 2. The molecule has 1 N–H and O–H groups in total. The molecule has 4 rings (SSSR count). The highest BCUT2D eigenvalue weighted by molar-refractivity contribution is 5.95. The number of nitrogens with zero attached hydrogens (tertiary/aromatic N) is 1. The van der Waals surface area contributed by atoms with E-state index in [1.807, 2.05) is 23.1 Å². The summed E-state index contributed by atoms with van der Waals surface area (Å²) in [6.45, 7) is 2.95. The van der Waals surface area contributed by atoms with E-state index in [0.717, 1.165) is 31.7 Å². The fourth-order valence-electron chi connectivity index (χ4n) is 3.61. The lowest BCUT2D eigenvalue weighted by Crippen LogP contribution is -2.39. The summed E-state index contributed by atoms with van der Waals surface area (Å²) in [7, 11) is 0. The first-order chi connectivity index (χ1) is 10.8. The fraction of sp³-hybridized carbons (Fsp3) is 0.588. The molecule has 5 nitrogen and oxygen atoms in total. The number of hydrogen-bond acceptors (Lipinski definition) is 4. The van der Waals surface area contributed by atoms with Crippen molar-refractivity contribution in [2.75, 3.05) is 26.3 Å². The van der Waals surface area contributed by atoms with Crippen LogP contribution in [0.1, 0.15) is 36.0 Å². The second kappa shape index (κ2) is 5.80. The van der Waals surface area contributed by atoms with Crippen LogP contribution in [0.5, 0.6) is 11.5 Å². The number of rotatable bonds is 1. The third kappa shape index (κ3) is 2.65. The van der Waals surface area contributed by atoms with Crippen LogP contribution in [0.3, 0.4) is 0 Å². The molecule has 0 aromatic heterocycles. The van der Waals surface area contributed by atoms with Gasteiger partial charge in [0.1, 0.15) is 0 Å². The zero-order valence-corrected chi connectivity index (χ0v) is 12.7. The maximum Gasteiger partial charge on any atom is 0.254 e. The number of carbonyl (C=O) groups excluding carboxylic acids is 1. The van der Waals surface area contributed by atoms with E-state index >= 15 is 0 Å². The van der Waals surface area contributed by atoms with Crippen molar-refractivity contribution in [3.63, 3.8) is 0 Å². The summed E-state index contributed by atoms with van der Waals surface area (Å²) in [5.41, 5.74) is 0.696. The van der Waals surface area contributed by atoms with Gasteiger partial charge < -0.3 is 19.7 Å². The summed E-state index contributed by atoms with van der Waals surface area (Å²) in [5.74, 6) is 1.54. The summed E-state index contributed by atoms with van der Waals surface area (Å²) in [4.78, 5) is 14.8. The molecular weight excluding hydrogens is 280 g/mol. The Balaban J connectivity index is 1.53. The second-order valence-electron chi connectivity index (χ2n) is 6.39. The Labute approximate surface area is 130 Å². The van der Waals surface area contributed by atoms with Crippen molar-refractivity contribution < 1.29 is 14.3 Å². The average molecular weight is 302 g/mol. The molecule has 0 radical (unpaired) electrons. The molecule has 2 fully saturated rings. The van der Waals surface area contributed by atoms with Gasteiger partial charge in [-0.25, -0.2) is 0 Å². The lowest BCUT2D eigenvalue weighted by Gasteiger charge is -2.24. The molecule has 1 aromatic rings. The number of hydrogen-bond donors (Lipinski definition) is 1. The lowest BCUT2D eigenvalue weighted by atomic mass is 10.1. The van der Waals surface area contributed by atoms with Gasteiger partial charge in [0.2, 0.25) is 0 Å². The Kier molecular flexibility index (Phi) is 3.66. The van der Waals surface area contributed by atoms with Crippen LogP contribution in [0, 0.1) is 0 Å². The largest absolute Gasteiger partial charge is 0.490 e. The first-order valence-corrected chi connectivity index (χ1v) is 8.24. The predicted molar refractivity (Wildman–Crippen MR) is 82.5 cm³/mol. The van der Waals surface area contributed by atoms with Gasteiger partial charge in [-0.15, -0.1) is 0 Å². The zero-order valence-electron chi connectivity index (χ0n) is 12.7. The highest BCUT2D eigenvalue weighted by Crippen LogP contribution is 2.31. The van der Waals surface area contributed by atoms with Crippen LogP contribution in [0.2, 0.25) is 0 Å². The number of carbonyl (C=O) groups is 1. The van der Waals surface area contributed by atoms with Gasteiger partial charge in [-0.2, -0.15) is 0 Å². The van der Waals surface area contributed by atoms with Crippen LogP contribution in [-0.2, 0) is 0 Å². The Morgan fingerprint density at radius 3 is 2.82 bits per heavy atom. The van der Waals surface area contributed by atoms with Crippen LogP contribution in [0.4, 0.5) is 0 Å². The summed E-state index contributed by atoms with van der Waals surface area (Å²) in [6, 6.07) is 6.59. The smallest absolute Gasteiger partial charge is 0.254 e. The van der Waals surface area contributed by atoms with E-state index in [2.05, 4.69) is 5.32 Å². The van der Waals surface area contributed by atoms with Crippen molar-refractivity contribution >= 4 is 5.91 Å². The molecule has 2 saturated heterocycles. The number of nitrogens with one attached hydrogen (secondary N) is 1. The van der Waals surface area contributed by atoms with Crippen LogP contribution < -0.4 is 14.8 Å². The van der Waals surface area contributed by atoms with Crippen LogP contribution in [0.15, 0.2) is 18.2 Å². The molecule has 2 bridgehead atoms. The van der Waals surface area contributed by atoms with Gasteiger partial charge in [0.05, 0.1) is 13.2 Å². The summed E-state index contributed by atoms with van der Waals surface area (Å²) in [6.07, 6.45) is 4.35. The maximum absolute atomic E-state index is 12.8. The number of amides is 1. The van der Waals surface area contributed by atoms with Crippen LogP contribution in [0.25, 0.3) is 0 Å². The third-order valence-corrected chi connectivity index (χ3v) is 4.80. The topological polar surface area (TPSA) is 50.8 Å². The minimum Gasteiger partial charge on any atom is -0.490 e. The minimum atomic E-state index is 0.102. The number of benzene rings is 1. The quantitative estimate of drug-likeness (QED) is 0.859. The summed E-state index contributed by atoms with van der Waals surface area (Å²) in [5, 5.41) is 3.61. The molecule has 118 valence electrons. The van der Waals surface area contributed by atoms with Crippen molar-refractivity contribution in [3.05, 3.63) is 23.8 Å². The molecule has 2 atom stereocenters. The van der Waals surface area contributed by atoms with E-state index in [9.17, 15) is 4.79 Å². The van der Waals surface area contributed by atoms with Crippen molar-refractivity contribution in [1.82, 2.24) is 10.2 Å². The normalized spacial score (nSPS) is 27.2. The molecule has 0 aliphatic carbocycles. The molecule has 3 heterocycles. The average Bonchev–Trinajstić information content (AvgIpc) is 2.73. The van der Waals surface area contributed by atoms with Gasteiger partial charge in [0, 0.05) is 37.2 Å². The van der Waals surface area contributed by atoms with Gasteiger partial charge in [0.25, 0.3) is 5.91 Å². The Morgan fingerprint density at radius 2 is 1.91 bits per heavy atom. The molecule has 1 aromatic carbocycles. The fourth-order valence-corrected chi connectivity index (χ4v) is 3.61. The van der Waals surface area contributed by atoms with E-state index in [4.69, 9.17) is 9.47 Å². The Morgan fingerprint density at radius 1 is 1.09 bits per heavy atom. The third-order valence-electron chi connectivity index (χ3n) is 4.80. The van der Waals surface area contributed by atoms with Crippen molar-refractivity contribution in [2.45, 2.75) is 37.8 Å². The standard InChI is InChI=1S/C17H22N2O3/c20-17(19-7-6-13-3-4-14(11-19)18-13)12-2-5-15-16(10-12)22-9-1-8-21-15/h2,5,10,13-14,18H,1,3-4,6-9,11H2. The highest BCUT2D eigenvalue weighted by atomic mass is 16.5. The van der Waals surface area contributed by atoms with E-state index in [1.54, 1.807) is 0 Å². The molecular formula is C17H22N2O3. The molecule has 22 heavy (non-hydrogen) atoms. The molecule has 5 heteroatoms. The molecule has 0 saturated carbocycles. The number of likely N-dealkylation sites (tertiary alicyclic amines) is 1. The molecule has 3 aliphatic rings. The second-order valence-corrected chi connectivity index (χ2v) is 6.39. The minimum absolute atomic E-state index is 0.102. The van der Waals surface area contributed by atoms with E-state index in [-0.39, 0.29) is 5.91 Å². The maximum atomic E-state index is 12.8. The van der Waals surface area contributed by atoms with Crippen LogP contribution >= 0.6 is 0 Å². The Bertz CT molecular complexity index is 575. The molecule has 1 amide bonds. The first kappa shape index (κ1) is 13.9. The van der Waals surface area contributed by atoms with Crippen molar-refractivity contribution in [2.24, 2.45) is 0 Å². The van der Waals surface area contributed by atoms with Crippen molar-refractivity contribution in [1.29, 1.82) is 0 Å². The van der Waals surface area contributed by atoms with Gasteiger partial charge in [-0.05, 0) is 37.5 Å². The van der Waals surface area contributed by atoms with Crippen molar-refractivity contribution in [3.8, 4) is 11.5 Å². The van der Waals surface area contributed by atoms with Gasteiger partial charge in [-0.1, -0.05) is 0 Å². The summed E-state index contributed by atoms with van der Waals surface area (Å²) < 4.78 is 11.3. The summed E-state index contributed by atoms with van der Waals surface area (Å²) >= 11 is 0. The zero-order chi connectivity index (χ0) is 14.9. The molecule has 2 unspecified atom stereocenters. The van der Waals surface area contributed by atoms with E-state index in [0.29, 0.717) is 36.6 Å². The first-order valence-electron chi connectivity index (χ1n) is 8.24. The molecule has 3 aliphatic heterocycles. The van der Waals surface area contributed by atoms with Crippen LogP contribution in [-0.4, -0.2) is 49.2 Å².